The van der Waals surface area contributed by atoms with Gasteiger partial charge in [0.25, 0.3) is 0 Å². The lowest BCUT2D eigenvalue weighted by atomic mass is 10.0. The van der Waals surface area contributed by atoms with E-state index >= 15 is 0 Å². The largest absolute Gasteiger partial charge is 0.389 e. The van der Waals surface area contributed by atoms with Gasteiger partial charge in [0.15, 0.2) is 0 Å². The van der Waals surface area contributed by atoms with Crippen LogP contribution in [-0.2, 0) is 6.54 Å². The predicted molar refractivity (Wildman–Crippen MR) is 77.9 cm³/mol. The molecule has 4 heteroatoms. The van der Waals surface area contributed by atoms with Crippen molar-refractivity contribution in [1.29, 1.82) is 0 Å². The maximum Gasteiger partial charge on any atom is 0.103 e. The second kappa shape index (κ2) is 4.90. The highest BCUT2D eigenvalue weighted by atomic mass is 32.1. The standard InChI is InChI=1S/C14H17N3S/c1-9-6-12(14(15)18)4-5-13(9)7-17-8-16-10(2)11(17)3/h4-6,8H,7H2,1-3H3,(H2,15,18). The lowest BCUT2D eigenvalue weighted by Gasteiger charge is -2.10. The lowest BCUT2D eigenvalue weighted by Crippen LogP contribution is -2.10. The number of hydrogen-bond acceptors (Lipinski definition) is 2. The van der Waals surface area contributed by atoms with Crippen LogP contribution in [0.2, 0.25) is 0 Å². The minimum absolute atomic E-state index is 0.444. The number of thiocarbonyl (C=S) groups is 1. The van der Waals surface area contributed by atoms with Crippen LogP contribution >= 0.6 is 12.2 Å². The molecule has 0 atom stereocenters. The molecule has 94 valence electrons. The number of nitrogens with zero attached hydrogens (tertiary/aromatic N) is 2. The molecule has 2 N–H and O–H groups in total. The third kappa shape index (κ3) is 2.43. The molecule has 0 aliphatic carbocycles. The summed E-state index contributed by atoms with van der Waals surface area (Å²) < 4.78 is 2.15. The SMILES string of the molecule is Cc1cc(C(N)=S)ccc1Cn1cnc(C)c1C. The third-order valence-electron chi connectivity index (χ3n) is 3.31. The summed E-state index contributed by atoms with van der Waals surface area (Å²) >= 11 is 4.98. The van der Waals surface area contributed by atoms with Crippen LogP contribution in [0.5, 0.6) is 0 Å². The van der Waals surface area contributed by atoms with Gasteiger partial charge in [-0.25, -0.2) is 4.98 Å². The lowest BCUT2D eigenvalue weighted by molar-refractivity contribution is 0.764. The summed E-state index contributed by atoms with van der Waals surface area (Å²) in [5, 5.41) is 0. The fourth-order valence-corrected chi connectivity index (χ4v) is 2.04. The van der Waals surface area contributed by atoms with Gasteiger partial charge in [0, 0.05) is 17.8 Å². The highest BCUT2D eigenvalue weighted by Gasteiger charge is 2.06. The first-order valence-electron chi connectivity index (χ1n) is 5.86. The molecule has 0 bridgehead atoms. The van der Waals surface area contributed by atoms with Crippen LogP contribution in [0.15, 0.2) is 24.5 Å². The normalized spacial score (nSPS) is 10.6. The van der Waals surface area contributed by atoms with Crippen LogP contribution in [0.1, 0.15) is 28.1 Å². The Kier molecular flexibility index (Phi) is 3.48. The van der Waals surface area contributed by atoms with Gasteiger partial charge in [0.05, 0.1) is 12.0 Å². The summed E-state index contributed by atoms with van der Waals surface area (Å²) in [6, 6.07) is 6.10. The molecule has 0 saturated heterocycles. The zero-order valence-corrected chi connectivity index (χ0v) is 11.7. The molecule has 18 heavy (non-hydrogen) atoms. The molecule has 3 nitrogen and oxygen atoms in total. The van der Waals surface area contributed by atoms with E-state index in [9.17, 15) is 0 Å². The van der Waals surface area contributed by atoms with Gasteiger partial charge in [-0.2, -0.15) is 0 Å². The van der Waals surface area contributed by atoms with Crippen molar-refractivity contribution in [3.8, 4) is 0 Å². The van der Waals surface area contributed by atoms with Crippen molar-refractivity contribution >= 4 is 17.2 Å². The van der Waals surface area contributed by atoms with Crippen molar-refractivity contribution in [2.45, 2.75) is 27.3 Å². The molecule has 0 amide bonds. The zero-order chi connectivity index (χ0) is 13.3. The van der Waals surface area contributed by atoms with E-state index in [0.29, 0.717) is 4.99 Å². The van der Waals surface area contributed by atoms with Crippen molar-refractivity contribution < 1.29 is 0 Å². The summed E-state index contributed by atoms with van der Waals surface area (Å²) in [5.74, 6) is 0. The molecule has 0 radical (unpaired) electrons. The summed E-state index contributed by atoms with van der Waals surface area (Å²) in [5.41, 5.74) is 11.3. The Bertz CT molecular complexity index is 599. The van der Waals surface area contributed by atoms with Crippen molar-refractivity contribution in [2.24, 2.45) is 5.73 Å². The first-order chi connectivity index (χ1) is 8.49. The minimum Gasteiger partial charge on any atom is -0.389 e. The van der Waals surface area contributed by atoms with Gasteiger partial charge in [-0.05, 0) is 38.0 Å². The number of imidazole rings is 1. The van der Waals surface area contributed by atoms with E-state index < -0.39 is 0 Å². The summed E-state index contributed by atoms with van der Waals surface area (Å²) in [6.45, 7) is 7.02. The van der Waals surface area contributed by atoms with Crippen LogP contribution in [0.3, 0.4) is 0 Å². The van der Waals surface area contributed by atoms with Gasteiger partial charge in [-0.15, -0.1) is 0 Å². The van der Waals surface area contributed by atoms with E-state index in [0.717, 1.165) is 17.8 Å². The van der Waals surface area contributed by atoms with Crippen molar-refractivity contribution in [1.82, 2.24) is 9.55 Å². The fourth-order valence-electron chi connectivity index (χ4n) is 1.91. The molecule has 1 aromatic heterocycles. The van der Waals surface area contributed by atoms with Crippen molar-refractivity contribution in [3.05, 3.63) is 52.6 Å². The molecular formula is C14H17N3S. The average molecular weight is 259 g/mol. The Hall–Kier alpha value is -1.68. The molecule has 1 heterocycles. The number of aryl methyl sites for hydroxylation is 2. The van der Waals surface area contributed by atoms with Crippen LogP contribution in [0, 0.1) is 20.8 Å². The molecule has 0 fully saturated rings. The van der Waals surface area contributed by atoms with Gasteiger partial charge in [-0.1, -0.05) is 24.4 Å². The molecule has 0 unspecified atom stereocenters. The van der Waals surface area contributed by atoms with Gasteiger partial charge in [0.1, 0.15) is 4.99 Å². The second-order valence-electron chi connectivity index (χ2n) is 4.55. The summed E-state index contributed by atoms with van der Waals surface area (Å²) in [4.78, 5) is 4.75. The maximum atomic E-state index is 5.63. The zero-order valence-electron chi connectivity index (χ0n) is 10.9. The van der Waals surface area contributed by atoms with Crippen molar-refractivity contribution in [3.63, 3.8) is 0 Å². The van der Waals surface area contributed by atoms with E-state index in [-0.39, 0.29) is 0 Å². The smallest absolute Gasteiger partial charge is 0.103 e. The Balaban J connectivity index is 2.30. The van der Waals surface area contributed by atoms with Gasteiger partial charge < -0.3 is 10.3 Å². The van der Waals surface area contributed by atoms with Gasteiger partial charge in [-0.3, -0.25) is 0 Å². The average Bonchev–Trinajstić information content (AvgIpc) is 2.63. The highest BCUT2D eigenvalue weighted by Crippen LogP contribution is 2.14. The molecule has 1 aromatic carbocycles. The summed E-state index contributed by atoms with van der Waals surface area (Å²) in [7, 11) is 0. The highest BCUT2D eigenvalue weighted by molar-refractivity contribution is 7.80. The molecular weight excluding hydrogens is 242 g/mol. The number of nitrogens with two attached hydrogens (primary N) is 1. The molecule has 0 aliphatic rings. The van der Waals surface area contributed by atoms with Crippen LogP contribution in [0.4, 0.5) is 0 Å². The Morgan fingerprint density at radius 2 is 2.06 bits per heavy atom. The third-order valence-corrected chi connectivity index (χ3v) is 3.55. The molecule has 2 aromatic rings. The van der Waals surface area contributed by atoms with E-state index in [1.165, 1.54) is 16.8 Å². The quantitative estimate of drug-likeness (QED) is 0.861. The molecule has 0 spiro atoms. The molecule has 0 saturated carbocycles. The molecule has 2 rings (SSSR count). The van der Waals surface area contributed by atoms with Crippen LogP contribution < -0.4 is 5.73 Å². The molecule has 0 aliphatic heterocycles. The summed E-state index contributed by atoms with van der Waals surface area (Å²) in [6.07, 6.45) is 1.88. The number of hydrogen-bond donors (Lipinski definition) is 1. The second-order valence-corrected chi connectivity index (χ2v) is 4.99. The fraction of sp³-hybridized carbons (Fsp3) is 0.286. The first kappa shape index (κ1) is 12.8. The minimum atomic E-state index is 0.444. The monoisotopic (exact) mass is 259 g/mol. The van der Waals surface area contributed by atoms with Crippen LogP contribution in [0.25, 0.3) is 0 Å². The number of aromatic nitrogens is 2. The van der Waals surface area contributed by atoms with Gasteiger partial charge in [0.2, 0.25) is 0 Å². The van der Waals surface area contributed by atoms with Crippen molar-refractivity contribution in [2.75, 3.05) is 0 Å². The van der Waals surface area contributed by atoms with E-state index in [1.807, 2.05) is 25.4 Å². The van der Waals surface area contributed by atoms with E-state index in [4.69, 9.17) is 18.0 Å². The Labute approximate surface area is 113 Å². The number of benzene rings is 1. The van der Waals surface area contributed by atoms with Crippen LogP contribution in [-0.4, -0.2) is 14.5 Å². The predicted octanol–water partition coefficient (Wildman–Crippen LogP) is 2.49. The maximum absolute atomic E-state index is 5.63. The van der Waals surface area contributed by atoms with Gasteiger partial charge >= 0.3 is 0 Å². The Morgan fingerprint density at radius 1 is 1.33 bits per heavy atom. The number of rotatable bonds is 3. The first-order valence-corrected chi connectivity index (χ1v) is 6.27. The van der Waals surface area contributed by atoms with E-state index in [1.54, 1.807) is 0 Å². The Morgan fingerprint density at radius 3 is 2.56 bits per heavy atom. The topological polar surface area (TPSA) is 43.8 Å². The van der Waals surface area contributed by atoms with E-state index in [2.05, 4.69) is 29.5 Å².